The van der Waals surface area contributed by atoms with Crippen LogP contribution in [-0.2, 0) is 9.59 Å². The number of hydrogen-bond acceptors (Lipinski definition) is 3. The van der Waals surface area contributed by atoms with Gasteiger partial charge in [0.2, 0.25) is 5.91 Å². The van der Waals surface area contributed by atoms with Crippen LogP contribution in [0, 0.1) is 5.41 Å². The Morgan fingerprint density at radius 3 is 2.71 bits per heavy atom. The highest BCUT2D eigenvalue weighted by molar-refractivity contribution is 5.92. The van der Waals surface area contributed by atoms with Crippen LogP contribution in [0.25, 0.3) is 6.08 Å². The summed E-state index contributed by atoms with van der Waals surface area (Å²) in [7, 11) is 0. The summed E-state index contributed by atoms with van der Waals surface area (Å²) in [5.74, 6) is -1.04. The first-order chi connectivity index (χ1) is 10.0. The van der Waals surface area contributed by atoms with E-state index in [1.165, 1.54) is 6.08 Å². The number of carbonyl (C=O) groups is 2. The molecule has 1 aromatic rings. The smallest absolute Gasteiger partial charge is 0.328 e. The second-order valence-corrected chi connectivity index (χ2v) is 5.58. The summed E-state index contributed by atoms with van der Waals surface area (Å²) in [4.78, 5) is 22.6. The molecule has 1 fully saturated rings. The second-order valence-electron chi connectivity index (χ2n) is 5.58. The minimum atomic E-state index is -1.00. The highest BCUT2D eigenvalue weighted by atomic mass is 16.4. The van der Waals surface area contributed by atoms with E-state index in [1.54, 1.807) is 24.3 Å². The van der Waals surface area contributed by atoms with Crippen LogP contribution in [0.1, 0.15) is 31.2 Å². The molecular weight excluding hydrogens is 268 g/mol. The Balaban J connectivity index is 1.97. The minimum Gasteiger partial charge on any atom is -0.478 e. The Morgan fingerprint density at radius 1 is 1.38 bits per heavy atom. The lowest BCUT2D eigenvalue weighted by Crippen LogP contribution is -2.40. The SMILES string of the molecule is NCC1(CC(=O)Nc2cccc(/C=C/C(=O)O)c2)CCC1. The minimum absolute atomic E-state index is 0.0229. The fourth-order valence-corrected chi connectivity index (χ4v) is 2.56. The number of benzene rings is 1. The van der Waals surface area contributed by atoms with Crippen molar-refractivity contribution in [2.75, 3.05) is 11.9 Å². The summed E-state index contributed by atoms with van der Waals surface area (Å²) in [6.45, 7) is 0.543. The summed E-state index contributed by atoms with van der Waals surface area (Å²) in [6, 6.07) is 7.08. The van der Waals surface area contributed by atoms with Crippen molar-refractivity contribution in [1.82, 2.24) is 0 Å². The highest BCUT2D eigenvalue weighted by Crippen LogP contribution is 2.43. The molecule has 0 unspecified atom stereocenters. The van der Waals surface area contributed by atoms with Crippen molar-refractivity contribution in [3.63, 3.8) is 0 Å². The first kappa shape index (κ1) is 15.3. The molecule has 0 heterocycles. The number of carboxylic acids is 1. The second kappa shape index (κ2) is 6.54. The Morgan fingerprint density at radius 2 is 2.14 bits per heavy atom. The zero-order valence-electron chi connectivity index (χ0n) is 11.8. The van der Waals surface area contributed by atoms with Crippen molar-refractivity contribution in [1.29, 1.82) is 0 Å². The lowest BCUT2D eigenvalue weighted by Gasteiger charge is -2.40. The molecule has 4 N–H and O–H groups in total. The fourth-order valence-electron chi connectivity index (χ4n) is 2.56. The topological polar surface area (TPSA) is 92.4 Å². The molecule has 0 aromatic heterocycles. The van der Waals surface area contributed by atoms with E-state index in [1.807, 2.05) is 0 Å². The summed E-state index contributed by atoms with van der Waals surface area (Å²) in [5.41, 5.74) is 7.13. The quantitative estimate of drug-likeness (QED) is 0.700. The number of anilines is 1. The fraction of sp³-hybridized carbons (Fsp3) is 0.375. The Kier molecular flexibility index (Phi) is 4.75. The van der Waals surface area contributed by atoms with Crippen molar-refractivity contribution in [2.24, 2.45) is 11.1 Å². The number of aliphatic carboxylic acids is 1. The van der Waals surface area contributed by atoms with E-state index in [-0.39, 0.29) is 11.3 Å². The number of carbonyl (C=O) groups excluding carboxylic acids is 1. The summed E-state index contributed by atoms with van der Waals surface area (Å²) in [5, 5.41) is 11.5. The molecule has 1 aliphatic rings. The maximum atomic E-state index is 12.1. The van der Waals surface area contributed by atoms with Gasteiger partial charge in [-0.1, -0.05) is 18.6 Å². The van der Waals surface area contributed by atoms with E-state index in [0.29, 0.717) is 18.7 Å². The van der Waals surface area contributed by atoms with E-state index >= 15 is 0 Å². The van der Waals surface area contributed by atoms with E-state index in [0.717, 1.165) is 30.9 Å². The van der Waals surface area contributed by atoms with Crippen LogP contribution in [0.2, 0.25) is 0 Å². The lowest BCUT2D eigenvalue weighted by atomic mass is 9.66. The average molecular weight is 288 g/mol. The van der Waals surface area contributed by atoms with Crippen LogP contribution in [0.3, 0.4) is 0 Å². The number of amides is 1. The van der Waals surface area contributed by atoms with Crippen molar-refractivity contribution < 1.29 is 14.7 Å². The Bertz CT molecular complexity index is 557. The van der Waals surface area contributed by atoms with Crippen LogP contribution >= 0.6 is 0 Å². The number of nitrogens with two attached hydrogens (primary N) is 1. The molecule has 0 spiro atoms. The predicted octanol–water partition coefficient (Wildman–Crippen LogP) is 2.24. The third kappa shape index (κ3) is 4.16. The van der Waals surface area contributed by atoms with Gasteiger partial charge in [0.25, 0.3) is 0 Å². The molecule has 0 radical (unpaired) electrons. The van der Waals surface area contributed by atoms with E-state index in [9.17, 15) is 9.59 Å². The van der Waals surface area contributed by atoms with Gasteiger partial charge in [-0.15, -0.1) is 0 Å². The summed E-state index contributed by atoms with van der Waals surface area (Å²) < 4.78 is 0. The molecule has 0 aliphatic heterocycles. The molecule has 1 aliphatic carbocycles. The summed E-state index contributed by atoms with van der Waals surface area (Å²) in [6.07, 6.45) is 6.17. The van der Waals surface area contributed by atoms with Gasteiger partial charge in [-0.2, -0.15) is 0 Å². The molecule has 21 heavy (non-hydrogen) atoms. The Labute approximate surface area is 123 Å². The zero-order valence-corrected chi connectivity index (χ0v) is 11.8. The van der Waals surface area contributed by atoms with Gasteiger partial charge in [0.1, 0.15) is 0 Å². The first-order valence-electron chi connectivity index (χ1n) is 7.04. The molecule has 2 rings (SSSR count). The molecule has 5 nitrogen and oxygen atoms in total. The van der Waals surface area contributed by atoms with Gasteiger partial charge in [-0.25, -0.2) is 4.79 Å². The number of rotatable bonds is 6. The molecule has 1 amide bonds. The van der Waals surface area contributed by atoms with Crippen molar-refractivity contribution in [3.8, 4) is 0 Å². The predicted molar refractivity (Wildman–Crippen MR) is 81.7 cm³/mol. The molecule has 0 atom stereocenters. The maximum absolute atomic E-state index is 12.1. The molecule has 0 bridgehead atoms. The lowest BCUT2D eigenvalue weighted by molar-refractivity contribution is -0.131. The normalized spacial score (nSPS) is 16.4. The Hall–Kier alpha value is -2.14. The number of nitrogens with one attached hydrogen (secondary N) is 1. The average Bonchev–Trinajstić information content (AvgIpc) is 2.41. The molecule has 0 saturated heterocycles. The van der Waals surface area contributed by atoms with Crippen LogP contribution in [-0.4, -0.2) is 23.5 Å². The number of carboxylic acid groups (broad SMARTS) is 1. The van der Waals surface area contributed by atoms with Crippen LogP contribution in [0.4, 0.5) is 5.69 Å². The van der Waals surface area contributed by atoms with Gasteiger partial charge in [-0.3, -0.25) is 4.79 Å². The van der Waals surface area contributed by atoms with Crippen LogP contribution in [0.5, 0.6) is 0 Å². The van der Waals surface area contributed by atoms with Crippen molar-refractivity contribution >= 4 is 23.6 Å². The monoisotopic (exact) mass is 288 g/mol. The van der Waals surface area contributed by atoms with Crippen molar-refractivity contribution in [3.05, 3.63) is 35.9 Å². The van der Waals surface area contributed by atoms with E-state index < -0.39 is 5.97 Å². The molecule has 112 valence electrons. The number of hydrogen-bond donors (Lipinski definition) is 3. The van der Waals surface area contributed by atoms with Gasteiger partial charge in [-0.05, 0) is 48.6 Å². The zero-order chi connectivity index (χ0) is 15.3. The third-order valence-corrected chi connectivity index (χ3v) is 3.97. The van der Waals surface area contributed by atoms with Crippen molar-refractivity contribution in [2.45, 2.75) is 25.7 Å². The molecule has 1 saturated carbocycles. The molecule has 1 aromatic carbocycles. The van der Waals surface area contributed by atoms with Gasteiger partial charge in [0, 0.05) is 18.2 Å². The first-order valence-corrected chi connectivity index (χ1v) is 7.04. The van der Waals surface area contributed by atoms with Gasteiger partial charge < -0.3 is 16.2 Å². The summed E-state index contributed by atoms with van der Waals surface area (Å²) >= 11 is 0. The van der Waals surface area contributed by atoms with E-state index in [4.69, 9.17) is 10.8 Å². The standard InChI is InChI=1S/C16H20N2O3/c17-11-16(7-2-8-16)10-14(19)18-13-4-1-3-12(9-13)5-6-15(20)21/h1,3-6,9H,2,7-8,10-11,17H2,(H,18,19)(H,20,21)/b6-5+. The maximum Gasteiger partial charge on any atom is 0.328 e. The largest absolute Gasteiger partial charge is 0.478 e. The van der Waals surface area contributed by atoms with Gasteiger partial charge >= 0.3 is 5.97 Å². The van der Waals surface area contributed by atoms with Crippen LogP contribution in [0.15, 0.2) is 30.3 Å². The molecular formula is C16H20N2O3. The van der Waals surface area contributed by atoms with Gasteiger partial charge in [0.15, 0.2) is 0 Å². The van der Waals surface area contributed by atoms with Crippen LogP contribution < -0.4 is 11.1 Å². The highest BCUT2D eigenvalue weighted by Gasteiger charge is 2.37. The molecule has 5 heteroatoms. The third-order valence-electron chi connectivity index (χ3n) is 3.97. The van der Waals surface area contributed by atoms with E-state index in [2.05, 4.69) is 5.32 Å². The van der Waals surface area contributed by atoms with Gasteiger partial charge in [0.05, 0.1) is 0 Å².